The number of halogens is 1. The lowest BCUT2D eigenvalue weighted by atomic mass is 10.4. The fraction of sp³-hybridized carbons (Fsp3) is 0.143. The SMILES string of the molecule is N#CCn1c(CNS(=O)(=O)c2ccccc2)c[n+]2ccsc12.[Cl-]. The van der Waals surface area contributed by atoms with E-state index in [1.165, 1.54) is 11.3 Å². The van der Waals surface area contributed by atoms with Crippen molar-refractivity contribution < 1.29 is 25.2 Å². The molecule has 0 spiro atoms. The highest BCUT2D eigenvalue weighted by atomic mass is 35.5. The Hall–Kier alpha value is -1.92. The van der Waals surface area contributed by atoms with Crippen molar-refractivity contribution in [2.24, 2.45) is 0 Å². The van der Waals surface area contributed by atoms with Gasteiger partial charge >= 0.3 is 4.96 Å². The van der Waals surface area contributed by atoms with Crippen molar-refractivity contribution in [2.75, 3.05) is 0 Å². The van der Waals surface area contributed by atoms with Gasteiger partial charge in [-0.3, -0.25) is 0 Å². The zero-order chi connectivity index (χ0) is 15.6. The zero-order valence-corrected chi connectivity index (χ0v) is 14.3. The Bertz CT molecular complexity index is 942. The molecule has 0 bridgehead atoms. The lowest BCUT2D eigenvalue weighted by molar-refractivity contribution is -0.506. The van der Waals surface area contributed by atoms with E-state index in [0.29, 0.717) is 0 Å². The molecule has 0 unspecified atom stereocenters. The number of fused-ring (bicyclic) bond motifs is 1. The van der Waals surface area contributed by atoms with Crippen LogP contribution in [-0.2, 0) is 23.1 Å². The standard InChI is InChI=1S/C14H13N4O2S2.ClH/c15-6-7-18-12(11-17-8-9-21-14(17)18)10-16-22(19,20)13-4-2-1-3-5-13;/h1-5,8-9,11,16H,7,10H2;1H/q+1;/p-1. The maximum absolute atomic E-state index is 12.2. The van der Waals surface area contributed by atoms with Crippen LogP contribution in [0.15, 0.2) is 53.0 Å². The number of rotatable bonds is 5. The van der Waals surface area contributed by atoms with Crippen molar-refractivity contribution in [1.82, 2.24) is 9.29 Å². The minimum atomic E-state index is -3.56. The number of hydrogen-bond donors (Lipinski definition) is 1. The molecule has 0 aliphatic rings. The van der Waals surface area contributed by atoms with Crippen LogP contribution in [0.2, 0.25) is 0 Å². The molecule has 0 radical (unpaired) electrons. The number of hydrogen-bond acceptors (Lipinski definition) is 4. The third-order valence-corrected chi connectivity index (χ3v) is 5.52. The molecule has 23 heavy (non-hydrogen) atoms. The predicted molar refractivity (Wildman–Crippen MR) is 81.5 cm³/mol. The van der Waals surface area contributed by atoms with Crippen LogP contribution in [0.4, 0.5) is 0 Å². The summed E-state index contributed by atoms with van der Waals surface area (Å²) in [6.07, 6.45) is 3.71. The summed E-state index contributed by atoms with van der Waals surface area (Å²) in [4.78, 5) is 1.12. The van der Waals surface area contributed by atoms with E-state index in [1.807, 2.05) is 22.2 Å². The fourth-order valence-electron chi connectivity index (χ4n) is 2.17. The van der Waals surface area contributed by atoms with Crippen molar-refractivity contribution in [2.45, 2.75) is 18.0 Å². The number of nitrogens with zero attached hydrogens (tertiary/aromatic N) is 3. The van der Waals surface area contributed by atoms with Crippen molar-refractivity contribution in [3.05, 3.63) is 53.8 Å². The molecule has 3 aromatic rings. The Balaban J connectivity index is 0.00000192. The average molecular weight is 369 g/mol. The first-order valence-corrected chi connectivity index (χ1v) is 8.86. The maximum atomic E-state index is 12.2. The molecule has 1 aromatic carbocycles. The number of nitrogens with one attached hydrogen (secondary N) is 1. The largest absolute Gasteiger partial charge is 1.00 e. The van der Waals surface area contributed by atoms with Crippen LogP contribution in [0.3, 0.4) is 0 Å². The minimum Gasteiger partial charge on any atom is -1.00 e. The van der Waals surface area contributed by atoms with Gasteiger partial charge in [-0.1, -0.05) is 29.5 Å². The Morgan fingerprint density at radius 3 is 2.74 bits per heavy atom. The third kappa shape index (κ3) is 3.54. The second-order valence-electron chi connectivity index (χ2n) is 4.60. The van der Waals surface area contributed by atoms with Gasteiger partial charge in [0.25, 0.3) is 0 Å². The van der Waals surface area contributed by atoms with Gasteiger partial charge in [-0.25, -0.2) is 17.7 Å². The molecular formula is C14H13ClN4O2S2. The first-order valence-electron chi connectivity index (χ1n) is 6.50. The maximum Gasteiger partial charge on any atom is 0.346 e. The van der Waals surface area contributed by atoms with Crippen LogP contribution >= 0.6 is 11.3 Å². The lowest BCUT2D eigenvalue weighted by Crippen LogP contribution is -3.00. The molecule has 0 atom stereocenters. The van der Waals surface area contributed by atoms with E-state index < -0.39 is 10.0 Å². The molecule has 9 heteroatoms. The van der Waals surface area contributed by atoms with Crippen LogP contribution in [0, 0.1) is 11.3 Å². The lowest BCUT2D eigenvalue weighted by Gasteiger charge is -2.05. The number of thiazole rings is 1. The third-order valence-electron chi connectivity index (χ3n) is 3.21. The number of aromatic nitrogens is 2. The summed E-state index contributed by atoms with van der Waals surface area (Å²) in [5.41, 5.74) is 0.743. The second kappa shape index (κ2) is 7.10. The van der Waals surface area contributed by atoms with Gasteiger partial charge in [0, 0.05) is 5.38 Å². The molecule has 1 N–H and O–H groups in total. The summed E-state index contributed by atoms with van der Waals surface area (Å²) >= 11 is 1.50. The Kier molecular flexibility index (Phi) is 5.38. The van der Waals surface area contributed by atoms with Gasteiger partial charge in [0.2, 0.25) is 10.0 Å². The normalized spacial score (nSPS) is 11.1. The van der Waals surface area contributed by atoms with E-state index in [2.05, 4.69) is 10.8 Å². The highest BCUT2D eigenvalue weighted by Gasteiger charge is 2.21. The summed E-state index contributed by atoms with van der Waals surface area (Å²) in [7, 11) is -3.56. The van der Waals surface area contributed by atoms with Gasteiger partial charge in [-0.15, -0.1) is 0 Å². The van der Waals surface area contributed by atoms with Crippen molar-refractivity contribution in [3.63, 3.8) is 0 Å². The highest BCUT2D eigenvalue weighted by molar-refractivity contribution is 7.89. The number of benzene rings is 1. The molecule has 0 fully saturated rings. The fourth-order valence-corrected chi connectivity index (χ4v) is 4.05. The number of imidazole rings is 1. The van der Waals surface area contributed by atoms with E-state index >= 15 is 0 Å². The number of nitriles is 1. The highest BCUT2D eigenvalue weighted by Crippen LogP contribution is 2.13. The Labute approximate surface area is 144 Å². The Morgan fingerprint density at radius 2 is 2.04 bits per heavy atom. The van der Waals surface area contributed by atoms with Crippen LogP contribution in [0.25, 0.3) is 4.96 Å². The van der Waals surface area contributed by atoms with Crippen molar-refractivity contribution in [1.29, 1.82) is 5.26 Å². The summed E-state index contributed by atoms with van der Waals surface area (Å²) in [6.45, 7) is 0.312. The van der Waals surface area contributed by atoms with Gasteiger partial charge in [0.05, 0.1) is 11.4 Å². The summed E-state index contributed by atoms with van der Waals surface area (Å²) in [5, 5.41) is 10.9. The van der Waals surface area contributed by atoms with Crippen molar-refractivity contribution in [3.8, 4) is 6.07 Å². The topological polar surface area (TPSA) is 79.0 Å². The van der Waals surface area contributed by atoms with E-state index in [0.717, 1.165) is 10.7 Å². The molecule has 2 heterocycles. The second-order valence-corrected chi connectivity index (χ2v) is 7.24. The van der Waals surface area contributed by atoms with Gasteiger partial charge in [-0.2, -0.15) is 9.66 Å². The Morgan fingerprint density at radius 1 is 1.30 bits per heavy atom. The average Bonchev–Trinajstić information content (AvgIpc) is 3.09. The van der Waals surface area contributed by atoms with E-state index in [1.54, 1.807) is 34.9 Å². The smallest absolute Gasteiger partial charge is 0.346 e. The molecule has 0 saturated carbocycles. The van der Waals surface area contributed by atoms with Crippen LogP contribution in [0.1, 0.15) is 5.69 Å². The van der Waals surface area contributed by atoms with Gasteiger partial charge in [0.1, 0.15) is 18.5 Å². The molecule has 2 aromatic heterocycles. The zero-order valence-electron chi connectivity index (χ0n) is 11.9. The van der Waals surface area contributed by atoms with E-state index in [-0.39, 0.29) is 30.4 Å². The quantitative estimate of drug-likeness (QED) is 0.545. The first kappa shape index (κ1) is 17.4. The molecule has 0 saturated heterocycles. The van der Waals surface area contributed by atoms with Crippen molar-refractivity contribution >= 4 is 26.3 Å². The summed E-state index contributed by atoms with van der Waals surface area (Å²) in [5.74, 6) is 0. The van der Waals surface area contributed by atoms with E-state index in [9.17, 15) is 8.42 Å². The van der Waals surface area contributed by atoms with Crippen LogP contribution < -0.4 is 21.5 Å². The minimum absolute atomic E-state index is 0. The summed E-state index contributed by atoms with van der Waals surface area (Å²) in [6, 6.07) is 10.3. The summed E-state index contributed by atoms with van der Waals surface area (Å²) < 4.78 is 30.7. The molecule has 0 aliphatic heterocycles. The molecule has 120 valence electrons. The first-order chi connectivity index (χ1) is 10.6. The molecular weight excluding hydrogens is 356 g/mol. The van der Waals surface area contributed by atoms with Gasteiger partial charge in [0.15, 0.2) is 12.2 Å². The van der Waals surface area contributed by atoms with Gasteiger partial charge in [-0.05, 0) is 12.1 Å². The molecule has 6 nitrogen and oxygen atoms in total. The molecule has 0 amide bonds. The predicted octanol–water partition coefficient (Wildman–Crippen LogP) is -1.71. The van der Waals surface area contributed by atoms with Crippen LogP contribution in [0.5, 0.6) is 0 Å². The van der Waals surface area contributed by atoms with Crippen LogP contribution in [-0.4, -0.2) is 13.0 Å². The van der Waals surface area contributed by atoms with Gasteiger partial charge < -0.3 is 12.4 Å². The molecule has 3 rings (SSSR count). The number of sulfonamides is 1. The van der Waals surface area contributed by atoms with E-state index in [4.69, 9.17) is 5.26 Å². The monoisotopic (exact) mass is 368 g/mol. The molecule has 0 aliphatic carbocycles.